The lowest BCUT2D eigenvalue weighted by molar-refractivity contribution is 0.172. The predicted octanol–water partition coefficient (Wildman–Crippen LogP) is 3.37. The molecule has 8 heteroatoms. The van der Waals surface area contributed by atoms with E-state index in [0.29, 0.717) is 23.1 Å². The highest BCUT2D eigenvalue weighted by Gasteiger charge is 2.34. The van der Waals surface area contributed by atoms with E-state index in [4.69, 9.17) is 9.26 Å². The summed E-state index contributed by atoms with van der Waals surface area (Å²) in [6, 6.07) is 5.26. The van der Waals surface area contributed by atoms with Crippen LogP contribution >= 0.6 is 11.3 Å². The summed E-state index contributed by atoms with van der Waals surface area (Å²) in [5, 5.41) is 3.87. The first-order valence-corrected chi connectivity index (χ1v) is 10.4. The molecule has 6 nitrogen and oxygen atoms in total. The molecule has 0 bridgehead atoms. The number of thiophene rings is 1. The van der Waals surface area contributed by atoms with Gasteiger partial charge in [0.1, 0.15) is 16.2 Å². The smallest absolute Gasteiger partial charge is 0.252 e. The summed E-state index contributed by atoms with van der Waals surface area (Å²) in [5.41, 5.74) is 0.664. The lowest BCUT2D eigenvalue weighted by Gasteiger charge is -2.34. The fourth-order valence-corrected chi connectivity index (χ4v) is 6.21. The molecule has 0 saturated carbocycles. The Morgan fingerprint density at radius 2 is 2.25 bits per heavy atom. The number of aromatic nitrogens is 1. The van der Waals surface area contributed by atoms with Crippen LogP contribution in [0.5, 0.6) is 0 Å². The van der Waals surface area contributed by atoms with E-state index in [0.717, 1.165) is 37.0 Å². The van der Waals surface area contributed by atoms with Crippen LogP contribution in [0, 0.1) is 0 Å². The monoisotopic (exact) mass is 370 g/mol. The van der Waals surface area contributed by atoms with Crippen molar-refractivity contribution in [2.24, 2.45) is 0 Å². The molecule has 132 valence electrons. The highest BCUT2D eigenvalue weighted by Crippen LogP contribution is 2.34. The Bertz CT molecular complexity index is 740. The van der Waals surface area contributed by atoms with Gasteiger partial charge in [-0.1, -0.05) is 11.6 Å². The zero-order chi connectivity index (χ0) is 17.0. The summed E-state index contributed by atoms with van der Waals surface area (Å²) in [7, 11) is -1.79. The number of rotatable bonds is 7. The van der Waals surface area contributed by atoms with Crippen molar-refractivity contribution in [2.75, 3.05) is 20.3 Å². The molecule has 2 aromatic rings. The third-order valence-electron chi connectivity index (χ3n) is 4.29. The molecule has 1 saturated heterocycles. The van der Waals surface area contributed by atoms with Crippen molar-refractivity contribution in [1.82, 2.24) is 9.46 Å². The van der Waals surface area contributed by atoms with E-state index in [9.17, 15) is 8.42 Å². The van der Waals surface area contributed by atoms with Gasteiger partial charge in [0.05, 0.1) is 4.88 Å². The molecule has 0 unspecified atom stereocenters. The van der Waals surface area contributed by atoms with E-state index in [1.54, 1.807) is 29.6 Å². The van der Waals surface area contributed by atoms with Crippen molar-refractivity contribution in [1.29, 1.82) is 0 Å². The molecule has 0 aromatic carbocycles. The molecule has 24 heavy (non-hydrogen) atoms. The van der Waals surface area contributed by atoms with Crippen LogP contribution in [-0.2, 0) is 14.8 Å². The van der Waals surface area contributed by atoms with Crippen molar-refractivity contribution in [2.45, 2.75) is 42.4 Å². The first kappa shape index (κ1) is 17.6. The summed E-state index contributed by atoms with van der Waals surface area (Å²) in [5.74, 6) is 0. The molecule has 1 aliphatic rings. The van der Waals surface area contributed by atoms with Crippen LogP contribution in [0.4, 0.5) is 0 Å². The minimum absolute atomic E-state index is 0.0662. The molecule has 3 rings (SSSR count). The minimum Gasteiger partial charge on any atom is -0.385 e. The SMILES string of the molecule is COCCC[C@H]1CCCCN1S(=O)(=O)c1ccc(-c2ccon2)s1. The van der Waals surface area contributed by atoms with E-state index in [1.165, 1.54) is 17.6 Å². The quantitative estimate of drug-likeness (QED) is 0.699. The lowest BCUT2D eigenvalue weighted by Crippen LogP contribution is -2.43. The van der Waals surface area contributed by atoms with Crippen molar-refractivity contribution in [3.8, 4) is 10.6 Å². The van der Waals surface area contributed by atoms with Gasteiger partial charge in [0.15, 0.2) is 0 Å². The van der Waals surface area contributed by atoms with Gasteiger partial charge in [0, 0.05) is 32.4 Å². The Balaban J connectivity index is 1.80. The van der Waals surface area contributed by atoms with Crippen LogP contribution in [0.1, 0.15) is 32.1 Å². The minimum atomic E-state index is -3.47. The number of nitrogens with zero attached hydrogens (tertiary/aromatic N) is 2. The molecule has 0 aliphatic carbocycles. The Labute approximate surface area is 146 Å². The molecule has 0 N–H and O–H groups in total. The fourth-order valence-electron chi connectivity index (χ4n) is 3.09. The third kappa shape index (κ3) is 3.72. The van der Waals surface area contributed by atoms with Crippen LogP contribution in [-0.4, -0.2) is 44.2 Å². The van der Waals surface area contributed by atoms with Gasteiger partial charge in [-0.3, -0.25) is 0 Å². The van der Waals surface area contributed by atoms with E-state index in [2.05, 4.69) is 5.16 Å². The number of piperidine rings is 1. The van der Waals surface area contributed by atoms with Crippen LogP contribution in [0.15, 0.2) is 33.2 Å². The maximum absolute atomic E-state index is 13.1. The highest BCUT2D eigenvalue weighted by molar-refractivity contribution is 7.91. The summed E-state index contributed by atoms with van der Waals surface area (Å²) >= 11 is 1.24. The number of methoxy groups -OCH3 is 1. The van der Waals surface area contributed by atoms with Crippen LogP contribution in [0.3, 0.4) is 0 Å². The van der Waals surface area contributed by atoms with Gasteiger partial charge < -0.3 is 9.26 Å². The van der Waals surface area contributed by atoms with E-state index < -0.39 is 10.0 Å². The van der Waals surface area contributed by atoms with Crippen molar-refractivity contribution < 1.29 is 17.7 Å². The standard InChI is InChI=1S/C16H22N2O4S2/c1-21-11-4-6-13-5-2-3-10-18(13)24(19,20)16-8-7-15(23-16)14-9-12-22-17-14/h7-9,12-13H,2-6,10-11H2,1H3/t13-/m1/s1. The first-order chi connectivity index (χ1) is 11.6. The molecular formula is C16H22N2O4S2. The average molecular weight is 370 g/mol. The Morgan fingerprint density at radius 1 is 1.38 bits per heavy atom. The van der Waals surface area contributed by atoms with Gasteiger partial charge in [-0.2, -0.15) is 4.31 Å². The lowest BCUT2D eigenvalue weighted by atomic mass is 10.0. The topological polar surface area (TPSA) is 72.6 Å². The zero-order valence-corrected chi connectivity index (χ0v) is 15.3. The fraction of sp³-hybridized carbons (Fsp3) is 0.562. The van der Waals surface area contributed by atoms with Gasteiger partial charge in [-0.25, -0.2) is 8.42 Å². The molecule has 0 spiro atoms. The molecule has 3 heterocycles. The summed E-state index contributed by atoms with van der Waals surface area (Å²) in [6.07, 6.45) is 6.13. The average Bonchev–Trinajstić information content (AvgIpc) is 3.27. The van der Waals surface area contributed by atoms with Crippen LogP contribution < -0.4 is 0 Å². The number of hydrogen-bond donors (Lipinski definition) is 0. The largest absolute Gasteiger partial charge is 0.385 e. The highest BCUT2D eigenvalue weighted by atomic mass is 32.2. The zero-order valence-electron chi connectivity index (χ0n) is 13.7. The van der Waals surface area contributed by atoms with E-state index in [-0.39, 0.29) is 6.04 Å². The Kier molecular flexibility index (Phi) is 5.70. The number of sulfonamides is 1. The Morgan fingerprint density at radius 3 is 3.00 bits per heavy atom. The van der Waals surface area contributed by atoms with Crippen molar-refractivity contribution >= 4 is 21.4 Å². The second kappa shape index (κ2) is 7.77. The van der Waals surface area contributed by atoms with Gasteiger partial charge >= 0.3 is 0 Å². The number of ether oxygens (including phenoxy) is 1. The third-order valence-corrected chi connectivity index (χ3v) is 7.82. The molecule has 2 aromatic heterocycles. The Hall–Kier alpha value is -1.22. The van der Waals surface area contributed by atoms with Crippen molar-refractivity contribution in [3.63, 3.8) is 0 Å². The predicted molar refractivity (Wildman–Crippen MR) is 92.5 cm³/mol. The molecule has 1 atom stereocenters. The van der Waals surface area contributed by atoms with Gasteiger partial charge in [0.2, 0.25) is 0 Å². The molecule has 1 aliphatic heterocycles. The maximum Gasteiger partial charge on any atom is 0.252 e. The van der Waals surface area contributed by atoms with E-state index >= 15 is 0 Å². The second-order valence-corrected chi connectivity index (χ2v) is 9.10. The normalized spacial score (nSPS) is 19.6. The van der Waals surface area contributed by atoms with Crippen LogP contribution in [0.25, 0.3) is 10.6 Å². The number of hydrogen-bond acceptors (Lipinski definition) is 6. The van der Waals surface area contributed by atoms with Gasteiger partial charge in [-0.15, -0.1) is 11.3 Å². The van der Waals surface area contributed by atoms with Gasteiger partial charge in [-0.05, 0) is 37.8 Å². The molecule has 0 radical (unpaired) electrons. The second-order valence-electron chi connectivity index (χ2n) is 5.90. The summed E-state index contributed by atoms with van der Waals surface area (Å²) in [4.78, 5) is 0.801. The van der Waals surface area contributed by atoms with Gasteiger partial charge in [0.25, 0.3) is 10.0 Å². The molecular weight excluding hydrogens is 348 g/mol. The summed E-state index contributed by atoms with van der Waals surface area (Å²) in [6.45, 7) is 1.26. The van der Waals surface area contributed by atoms with Crippen molar-refractivity contribution in [3.05, 3.63) is 24.5 Å². The summed E-state index contributed by atoms with van der Waals surface area (Å²) < 4.78 is 38.1. The van der Waals surface area contributed by atoms with E-state index in [1.807, 2.05) is 0 Å². The first-order valence-electron chi connectivity index (χ1n) is 8.14. The van der Waals surface area contributed by atoms with Crippen LogP contribution in [0.2, 0.25) is 0 Å². The molecule has 1 fully saturated rings. The molecule has 0 amide bonds. The maximum atomic E-state index is 13.1.